The Morgan fingerprint density at radius 2 is 1.82 bits per heavy atom. The molecule has 1 N–H and O–H groups in total. The van der Waals surface area contributed by atoms with Crippen LogP contribution in [0.2, 0.25) is 0 Å². The van der Waals surface area contributed by atoms with Crippen LogP contribution in [0.5, 0.6) is 5.75 Å². The molecule has 7 heteroatoms. The van der Waals surface area contributed by atoms with Crippen LogP contribution in [0, 0.1) is 6.92 Å². The molecule has 1 aromatic carbocycles. The van der Waals surface area contributed by atoms with Gasteiger partial charge in [-0.2, -0.15) is 0 Å². The van der Waals surface area contributed by atoms with E-state index in [0.29, 0.717) is 23.7 Å². The van der Waals surface area contributed by atoms with Crippen LogP contribution in [0.15, 0.2) is 36.5 Å². The Morgan fingerprint density at radius 3 is 2.43 bits per heavy atom. The number of hydrogen-bond donors (Lipinski definition) is 1. The van der Waals surface area contributed by atoms with Crippen LogP contribution in [0.1, 0.15) is 50.5 Å². The van der Waals surface area contributed by atoms with Crippen LogP contribution in [0.3, 0.4) is 0 Å². The molecular formula is C21H27BN2O4. The maximum absolute atomic E-state index is 12.7. The lowest BCUT2D eigenvalue weighted by molar-refractivity contribution is 0.00578. The topological polar surface area (TPSA) is 69.7 Å². The van der Waals surface area contributed by atoms with Gasteiger partial charge in [0.25, 0.3) is 5.91 Å². The van der Waals surface area contributed by atoms with Gasteiger partial charge in [0.1, 0.15) is 11.6 Å². The second-order valence-corrected chi connectivity index (χ2v) is 7.95. The fraction of sp³-hybridized carbons (Fsp3) is 0.429. The van der Waals surface area contributed by atoms with Crippen molar-refractivity contribution in [3.05, 3.63) is 47.7 Å². The van der Waals surface area contributed by atoms with Crippen molar-refractivity contribution in [2.45, 2.75) is 52.7 Å². The molecule has 1 aromatic heterocycles. The summed E-state index contributed by atoms with van der Waals surface area (Å²) in [4.78, 5) is 16.8. The van der Waals surface area contributed by atoms with Crippen molar-refractivity contribution in [1.29, 1.82) is 0 Å². The maximum atomic E-state index is 12.7. The first-order valence-electron chi connectivity index (χ1n) is 9.49. The molecule has 0 bridgehead atoms. The van der Waals surface area contributed by atoms with Gasteiger partial charge in [0.2, 0.25) is 0 Å². The number of carbonyl (C=O) groups is 1. The van der Waals surface area contributed by atoms with Gasteiger partial charge in [0.15, 0.2) is 0 Å². The molecule has 1 amide bonds. The van der Waals surface area contributed by atoms with Crippen LogP contribution in [-0.2, 0) is 9.31 Å². The molecule has 0 unspecified atom stereocenters. The molecule has 0 saturated carbocycles. The highest BCUT2D eigenvalue weighted by atomic mass is 16.7. The maximum Gasteiger partial charge on any atom is 0.498 e. The van der Waals surface area contributed by atoms with E-state index in [1.54, 1.807) is 18.3 Å². The molecule has 0 spiro atoms. The van der Waals surface area contributed by atoms with Gasteiger partial charge in [-0.05, 0) is 71.4 Å². The highest BCUT2D eigenvalue weighted by molar-refractivity contribution is 6.63. The highest BCUT2D eigenvalue weighted by Crippen LogP contribution is 2.37. The second-order valence-electron chi connectivity index (χ2n) is 7.95. The van der Waals surface area contributed by atoms with Crippen LogP contribution in [0.4, 0.5) is 5.82 Å². The number of rotatable bonds is 5. The van der Waals surface area contributed by atoms with Gasteiger partial charge in [0, 0.05) is 17.2 Å². The first-order chi connectivity index (χ1) is 13.1. The molecular weight excluding hydrogens is 355 g/mol. The number of aryl methyl sites for hydroxylation is 1. The molecule has 28 heavy (non-hydrogen) atoms. The molecule has 1 aliphatic heterocycles. The van der Waals surface area contributed by atoms with Crippen molar-refractivity contribution in [2.24, 2.45) is 0 Å². The van der Waals surface area contributed by atoms with Crippen molar-refractivity contribution in [3.63, 3.8) is 0 Å². The zero-order chi connectivity index (χ0) is 20.5. The number of amides is 1. The molecule has 0 radical (unpaired) electrons. The summed E-state index contributed by atoms with van der Waals surface area (Å²) in [5, 5.41) is 2.82. The number of benzene rings is 1. The SMILES string of the molecule is CCOc1cc(C(=O)Nc2cc(C)ccn2)ccc1B1OC(C)(C)C(C)(C)O1. The van der Waals surface area contributed by atoms with Crippen molar-refractivity contribution < 1.29 is 18.8 Å². The van der Waals surface area contributed by atoms with E-state index in [1.807, 2.05) is 59.7 Å². The number of anilines is 1. The van der Waals surface area contributed by atoms with Gasteiger partial charge in [-0.1, -0.05) is 6.07 Å². The predicted molar refractivity (Wildman–Crippen MR) is 110 cm³/mol. The molecule has 2 heterocycles. The van der Waals surface area contributed by atoms with Crippen LogP contribution >= 0.6 is 0 Å². The quantitative estimate of drug-likeness (QED) is 0.804. The van der Waals surface area contributed by atoms with E-state index in [1.165, 1.54) is 0 Å². The number of pyridine rings is 1. The molecule has 3 rings (SSSR count). The summed E-state index contributed by atoms with van der Waals surface area (Å²) in [5.74, 6) is 0.836. The van der Waals surface area contributed by atoms with E-state index < -0.39 is 18.3 Å². The lowest BCUT2D eigenvalue weighted by Gasteiger charge is -2.32. The third kappa shape index (κ3) is 4.05. The zero-order valence-corrected chi connectivity index (χ0v) is 17.3. The Kier molecular flexibility index (Phi) is 5.50. The number of aromatic nitrogens is 1. The van der Waals surface area contributed by atoms with Crippen molar-refractivity contribution >= 4 is 24.3 Å². The molecule has 0 aliphatic carbocycles. The number of hydrogen-bond acceptors (Lipinski definition) is 5. The summed E-state index contributed by atoms with van der Waals surface area (Å²) in [6.45, 7) is 12.3. The van der Waals surface area contributed by atoms with Crippen LogP contribution in [0.25, 0.3) is 0 Å². The minimum absolute atomic E-state index is 0.250. The second kappa shape index (κ2) is 7.56. The average Bonchev–Trinajstić information content (AvgIpc) is 2.82. The number of ether oxygens (including phenoxy) is 1. The van der Waals surface area contributed by atoms with Gasteiger partial charge in [-0.15, -0.1) is 0 Å². The normalized spacial score (nSPS) is 17.4. The Morgan fingerprint density at radius 1 is 1.14 bits per heavy atom. The molecule has 148 valence electrons. The van der Waals surface area contributed by atoms with E-state index >= 15 is 0 Å². The smallest absolute Gasteiger partial charge is 0.494 e. The third-order valence-corrected chi connectivity index (χ3v) is 5.24. The Bertz CT molecular complexity index is 866. The molecule has 1 aliphatic rings. The monoisotopic (exact) mass is 382 g/mol. The number of nitrogens with zero attached hydrogens (tertiary/aromatic N) is 1. The van der Waals surface area contributed by atoms with E-state index in [2.05, 4.69) is 10.3 Å². The largest absolute Gasteiger partial charge is 0.498 e. The summed E-state index contributed by atoms with van der Waals surface area (Å²) < 4.78 is 18.1. The van der Waals surface area contributed by atoms with E-state index in [0.717, 1.165) is 11.0 Å². The van der Waals surface area contributed by atoms with Crippen molar-refractivity contribution in [1.82, 2.24) is 4.98 Å². The first-order valence-corrected chi connectivity index (χ1v) is 9.49. The van der Waals surface area contributed by atoms with Crippen molar-refractivity contribution in [2.75, 3.05) is 11.9 Å². The van der Waals surface area contributed by atoms with E-state index in [4.69, 9.17) is 14.0 Å². The third-order valence-electron chi connectivity index (χ3n) is 5.24. The Labute approximate surface area is 166 Å². The van der Waals surface area contributed by atoms with E-state index in [-0.39, 0.29) is 5.91 Å². The fourth-order valence-electron chi connectivity index (χ4n) is 2.91. The van der Waals surface area contributed by atoms with E-state index in [9.17, 15) is 4.79 Å². The van der Waals surface area contributed by atoms with Gasteiger partial charge >= 0.3 is 7.12 Å². The van der Waals surface area contributed by atoms with Gasteiger partial charge in [-0.3, -0.25) is 4.79 Å². The highest BCUT2D eigenvalue weighted by Gasteiger charge is 2.52. The molecule has 1 fully saturated rings. The average molecular weight is 382 g/mol. The minimum Gasteiger partial charge on any atom is -0.494 e. The fourth-order valence-corrected chi connectivity index (χ4v) is 2.91. The van der Waals surface area contributed by atoms with Gasteiger partial charge in [-0.25, -0.2) is 4.98 Å². The molecule has 2 aromatic rings. The summed E-state index contributed by atoms with van der Waals surface area (Å²) in [6, 6.07) is 8.98. The summed E-state index contributed by atoms with van der Waals surface area (Å²) in [5.41, 5.74) is 1.37. The number of carbonyl (C=O) groups excluding carboxylic acids is 1. The first kappa shape index (κ1) is 20.4. The number of nitrogens with one attached hydrogen (secondary N) is 1. The predicted octanol–water partition coefficient (Wildman–Crippen LogP) is 3.34. The minimum atomic E-state index is -0.554. The molecule has 6 nitrogen and oxygen atoms in total. The Hall–Kier alpha value is -2.38. The van der Waals surface area contributed by atoms with Gasteiger partial charge < -0.3 is 19.4 Å². The summed E-state index contributed by atoms with van der Waals surface area (Å²) >= 11 is 0. The zero-order valence-electron chi connectivity index (χ0n) is 17.3. The van der Waals surface area contributed by atoms with Crippen LogP contribution < -0.4 is 15.5 Å². The van der Waals surface area contributed by atoms with Crippen LogP contribution in [-0.4, -0.2) is 35.8 Å². The molecule has 0 atom stereocenters. The molecule has 1 saturated heterocycles. The van der Waals surface area contributed by atoms with Crippen molar-refractivity contribution in [3.8, 4) is 5.75 Å². The van der Waals surface area contributed by atoms with Gasteiger partial charge in [0.05, 0.1) is 17.8 Å². The standard InChI is InChI=1S/C21H27BN2O4/c1-7-26-17-13-15(19(25)24-18-12-14(2)10-11-23-18)8-9-16(17)22-27-20(3,4)21(5,6)28-22/h8-13H,7H2,1-6H3,(H,23,24,25). The lowest BCUT2D eigenvalue weighted by atomic mass is 9.78. The Balaban J connectivity index is 1.86. The summed E-state index contributed by atoms with van der Waals surface area (Å²) in [6.07, 6.45) is 1.66. The summed E-state index contributed by atoms with van der Waals surface area (Å²) in [7, 11) is -0.554. The lowest BCUT2D eigenvalue weighted by Crippen LogP contribution is -2.41.